The molecule has 4 unspecified atom stereocenters. The second-order valence-electron chi connectivity index (χ2n) is 5.96. The summed E-state index contributed by atoms with van der Waals surface area (Å²) in [5.74, 6) is -3.44. The number of amides is 3. The highest BCUT2D eigenvalue weighted by Gasteiger charge is 2.29. The van der Waals surface area contributed by atoms with Gasteiger partial charge in [0.05, 0.1) is 12.6 Å². The highest BCUT2D eigenvalue weighted by Crippen LogP contribution is 2.03. The largest absolute Gasteiger partial charge is 0.480 e. The van der Waals surface area contributed by atoms with Gasteiger partial charge >= 0.3 is 5.97 Å². The Bertz CT molecular complexity index is 539. The molecule has 11 nitrogen and oxygen atoms in total. The summed E-state index contributed by atoms with van der Waals surface area (Å²) in [5, 5.41) is 25.0. The van der Waals surface area contributed by atoms with Gasteiger partial charge in [-0.25, -0.2) is 4.79 Å². The van der Waals surface area contributed by atoms with E-state index in [1.54, 1.807) is 0 Å². The number of hydrogen-bond donors (Lipinski definition) is 9. The van der Waals surface area contributed by atoms with Crippen LogP contribution in [-0.4, -0.2) is 82.7 Å². The van der Waals surface area contributed by atoms with E-state index in [2.05, 4.69) is 41.2 Å². The van der Waals surface area contributed by atoms with Gasteiger partial charge in [-0.05, 0) is 25.8 Å². The maximum absolute atomic E-state index is 12.5. The van der Waals surface area contributed by atoms with E-state index in [-0.39, 0.29) is 17.9 Å². The molecule has 13 heteroatoms. The number of nitrogens with two attached hydrogens (primary N) is 2. The normalized spacial score (nSPS) is 15.0. The van der Waals surface area contributed by atoms with Gasteiger partial charge in [-0.1, -0.05) is 0 Å². The number of rotatable bonds is 14. The number of thiol groups is 2. The number of carboxylic acids is 1. The number of hydrogen-bond acceptors (Lipinski definition) is 9. The van der Waals surface area contributed by atoms with E-state index >= 15 is 0 Å². The predicted octanol–water partition coefficient (Wildman–Crippen LogP) is -3.17. The molecular weight excluding hydrogens is 410 g/mol. The van der Waals surface area contributed by atoms with E-state index in [1.165, 1.54) is 0 Å². The van der Waals surface area contributed by atoms with Crippen molar-refractivity contribution in [3.63, 3.8) is 0 Å². The minimum Gasteiger partial charge on any atom is -0.480 e. The van der Waals surface area contributed by atoms with Crippen LogP contribution in [0.4, 0.5) is 0 Å². The summed E-state index contributed by atoms with van der Waals surface area (Å²) in [5.41, 5.74) is 11.0. The maximum Gasteiger partial charge on any atom is 0.328 e. The molecule has 0 spiro atoms. The maximum atomic E-state index is 12.5. The van der Waals surface area contributed by atoms with Crippen LogP contribution in [0.15, 0.2) is 0 Å². The van der Waals surface area contributed by atoms with Gasteiger partial charge in [-0.3, -0.25) is 14.4 Å². The van der Waals surface area contributed by atoms with Crippen LogP contribution in [0, 0.1) is 0 Å². The Kier molecular flexibility index (Phi) is 13.7. The van der Waals surface area contributed by atoms with Crippen molar-refractivity contribution in [3.05, 3.63) is 0 Å². The van der Waals surface area contributed by atoms with Crippen molar-refractivity contribution in [2.75, 3.05) is 24.7 Å². The van der Waals surface area contributed by atoms with Crippen molar-refractivity contribution in [1.29, 1.82) is 0 Å². The van der Waals surface area contributed by atoms with Gasteiger partial charge < -0.3 is 37.6 Å². The van der Waals surface area contributed by atoms with E-state index in [1.807, 2.05) is 0 Å². The third-order valence-corrected chi connectivity index (χ3v) is 4.48. The first-order valence-electron chi connectivity index (χ1n) is 8.63. The van der Waals surface area contributed by atoms with Gasteiger partial charge in [0.1, 0.15) is 18.1 Å². The molecular formula is C15H29N5O6S2. The van der Waals surface area contributed by atoms with E-state index in [0.29, 0.717) is 19.4 Å². The molecule has 0 aliphatic carbocycles. The molecule has 0 fully saturated rings. The van der Waals surface area contributed by atoms with E-state index in [9.17, 15) is 19.2 Å². The highest BCUT2D eigenvalue weighted by atomic mass is 32.1. The summed E-state index contributed by atoms with van der Waals surface area (Å²) in [6.07, 6.45) is 1.27. The first kappa shape index (κ1) is 26.5. The number of carbonyl (C=O) groups is 4. The van der Waals surface area contributed by atoms with Gasteiger partial charge in [0, 0.05) is 11.5 Å². The molecule has 9 N–H and O–H groups in total. The molecule has 0 radical (unpaired) electrons. The third-order valence-electron chi connectivity index (χ3n) is 3.73. The smallest absolute Gasteiger partial charge is 0.328 e. The van der Waals surface area contributed by atoms with Crippen molar-refractivity contribution in [3.8, 4) is 0 Å². The van der Waals surface area contributed by atoms with Crippen molar-refractivity contribution < 1.29 is 29.4 Å². The molecule has 0 heterocycles. The number of carbonyl (C=O) groups excluding carboxylic acids is 3. The van der Waals surface area contributed by atoms with Crippen LogP contribution >= 0.6 is 25.3 Å². The van der Waals surface area contributed by atoms with E-state index in [4.69, 9.17) is 21.7 Å². The lowest BCUT2D eigenvalue weighted by atomic mass is 10.1. The molecule has 4 atom stereocenters. The van der Waals surface area contributed by atoms with Crippen molar-refractivity contribution in [2.45, 2.75) is 43.4 Å². The average Bonchev–Trinajstić information content (AvgIpc) is 2.67. The number of unbranched alkanes of at least 4 members (excludes halogenated alkanes) is 1. The fourth-order valence-electron chi connectivity index (χ4n) is 2.05. The van der Waals surface area contributed by atoms with Gasteiger partial charge in [-0.2, -0.15) is 25.3 Å². The average molecular weight is 440 g/mol. The van der Waals surface area contributed by atoms with Crippen molar-refractivity contribution in [1.82, 2.24) is 16.0 Å². The van der Waals surface area contributed by atoms with Crippen LogP contribution in [0.2, 0.25) is 0 Å². The summed E-state index contributed by atoms with van der Waals surface area (Å²) in [6.45, 7) is -0.422. The van der Waals surface area contributed by atoms with Crippen LogP contribution in [-0.2, 0) is 19.2 Å². The predicted molar refractivity (Wildman–Crippen MR) is 109 cm³/mol. The van der Waals surface area contributed by atoms with Gasteiger partial charge in [0.15, 0.2) is 0 Å². The molecule has 28 heavy (non-hydrogen) atoms. The Morgan fingerprint density at radius 3 is 1.86 bits per heavy atom. The third kappa shape index (κ3) is 9.59. The number of aliphatic hydroxyl groups excluding tert-OH is 1. The molecule has 0 aromatic heterocycles. The zero-order chi connectivity index (χ0) is 21.7. The molecule has 0 saturated heterocycles. The first-order valence-corrected chi connectivity index (χ1v) is 9.90. The van der Waals surface area contributed by atoms with Crippen molar-refractivity contribution >= 4 is 48.9 Å². The number of aliphatic hydroxyl groups is 1. The van der Waals surface area contributed by atoms with Crippen LogP contribution in [0.5, 0.6) is 0 Å². The quantitative estimate of drug-likeness (QED) is 0.0997. The molecule has 0 aromatic rings. The highest BCUT2D eigenvalue weighted by molar-refractivity contribution is 7.80. The Hall–Kier alpha value is -1.54. The topological polar surface area (TPSA) is 197 Å². The minimum atomic E-state index is -1.50. The van der Waals surface area contributed by atoms with Crippen LogP contribution < -0.4 is 27.4 Å². The summed E-state index contributed by atoms with van der Waals surface area (Å²) >= 11 is 7.93. The molecule has 162 valence electrons. The molecule has 0 aromatic carbocycles. The summed E-state index contributed by atoms with van der Waals surface area (Å²) in [7, 11) is 0. The lowest BCUT2D eigenvalue weighted by molar-refractivity contribution is -0.143. The molecule has 0 saturated carbocycles. The SMILES string of the molecule is NCCCCC(NC(=O)C(CS)NC(=O)C(N)CS)C(=O)NC(CO)C(=O)O. The molecule has 0 aliphatic heterocycles. The van der Waals surface area contributed by atoms with Crippen molar-refractivity contribution in [2.24, 2.45) is 11.5 Å². The van der Waals surface area contributed by atoms with Crippen LogP contribution in [0.3, 0.4) is 0 Å². The van der Waals surface area contributed by atoms with E-state index in [0.717, 1.165) is 0 Å². The lowest BCUT2D eigenvalue weighted by Crippen LogP contribution is -2.58. The molecule has 0 aliphatic rings. The zero-order valence-electron chi connectivity index (χ0n) is 15.3. The number of aliphatic carboxylic acids is 1. The van der Waals surface area contributed by atoms with Gasteiger partial charge in [0.25, 0.3) is 0 Å². The summed E-state index contributed by atoms with van der Waals surface area (Å²) in [6, 6.07) is -4.55. The summed E-state index contributed by atoms with van der Waals surface area (Å²) < 4.78 is 0. The second-order valence-corrected chi connectivity index (χ2v) is 6.69. The fourth-order valence-corrected chi connectivity index (χ4v) is 2.47. The van der Waals surface area contributed by atoms with Gasteiger partial charge in [-0.15, -0.1) is 0 Å². The standard InChI is InChI=1S/C15H29N5O6S2/c16-4-2-1-3-9(13(23)19-10(5-21)15(25)26)18-14(24)11(7-28)20-12(22)8(17)6-27/h8-11,21,27-28H,1-7,16-17H2,(H,18,24)(H,19,23)(H,20,22)(H,25,26). The lowest BCUT2D eigenvalue weighted by Gasteiger charge is -2.24. The van der Waals surface area contributed by atoms with Gasteiger partial charge in [0.2, 0.25) is 17.7 Å². The number of carboxylic acid groups (broad SMARTS) is 1. The minimum absolute atomic E-state index is 0.0532. The second kappa shape index (κ2) is 14.5. The van der Waals surface area contributed by atoms with Crippen LogP contribution in [0.1, 0.15) is 19.3 Å². The first-order chi connectivity index (χ1) is 13.2. The fraction of sp³-hybridized carbons (Fsp3) is 0.733. The summed E-state index contributed by atoms with van der Waals surface area (Å²) in [4.78, 5) is 47.7. The Labute approximate surface area is 174 Å². The molecule has 0 bridgehead atoms. The monoisotopic (exact) mass is 439 g/mol. The Morgan fingerprint density at radius 1 is 0.857 bits per heavy atom. The Morgan fingerprint density at radius 2 is 1.39 bits per heavy atom. The van der Waals surface area contributed by atoms with E-state index < -0.39 is 54.5 Å². The van der Waals surface area contributed by atoms with Crippen LogP contribution in [0.25, 0.3) is 0 Å². The number of nitrogens with one attached hydrogen (secondary N) is 3. The molecule has 3 amide bonds. The molecule has 0 rings (SSSR count). The Balaban J connectivity index is 5.12. The zero-order valence-corrected chi connectivity index (χ0v) is 17.1.